The quantitative estimate of drug-likeness (QED) is 0.374. The molecule has 4 rings (SSSR count). The number of hydrogen-bond acceptors (Lipinski definition) is 5. The summed E-state index contributed by atoms with van der Waals surface area (Å²) in [6, 6.07) is 16.1. The van der Waals surface area contributed by atoms with Gasteiger partial charge in [0.05, 0.1) is 0 Å². The third-order valence-electron chi connectivity index (χ3n) is 5.03. The minimum absolute atomic E-state index is 0.348. The highest BCUT2D eigenvalue weighted by Crippen LogP contribution is 2.28. The van der Waals surface area contributed by atoms with Gasteiger partial charge in [-0.15, -0.1) is 11.8 Å². The van der Waals surface area contributed by atoms with Gasteiger partial charge in [-0.25, -0.2) is 14.8 Å². The number of benzene rings is 2. The zero-order chi connectivity index (χ0) is 21.4. The van der Waals surface area contributed by atoms with E-state index in [1.165, 1.54) is 28.9 Å². The molecule has 0 saturated heterocycles. The minimum atomic E-state index is -0.407. The first-order chi connectivity index (χ1) is 14.3. The average molecular weight is 419 g/mol. The summed E-state index contributed by atoms with van der Waals surface area (Å²) < 4.78 is 2.51. The Kier molecular flexibility index (Phi) is 5.30. The Labute approximate surface area is 178 Å². The zero-order valence-electron chi connectivity index (χ0n) is 17.3. The summed E-state index contributed by atoms with van der Waals surface area (Å²) in [5.41, 5.74) is 3.86. The second-order valence-electron chi connectivity index (χ2n) is 7.40. The molecule has 0 spiro atoms. The lowest BCUT2D eigenvalue weighted by Gasteiger charge is -2.12. The minimum Gasteiger partial charge on any atom is -0.280 e. The monoisotopic (exact) mass is 418 g/mol. The number of rotatable bonds is 4. The molecule has 0 aliphatic carbocycles. The third-order valence-corrected chi connectivity index (χ3v) is 6.08. The fourth-order valence-electron chi connectivity index (χ4n) is 3.32. The first-order valence-electron chi connectivity index (χ1n) is 9.58. The van der Waals surface area contributed by atoms with Crippen LogP contribution in [0.5, 0.6) is 0 Å². The lowest BCUT2D eigenvalue weighted by Crippen LogP contribution is -2.37. The van der Waals surface area contributed by atoms with Crippen LogP contribution < -0.4 is 11.2 Å². The van der Waals surface area contributed by atoms with Crippen molar-refractivity contribution in [1.82, 2.24) is 19.1 Å². The van der Waals surface area contributed by atoms with Crippen molar-refractivity contribution < 1.29 is 0 Å². The molecule has 2 aromatic carbocycles. The van der Waals surface area contributed by atoms with E-state index in [0.29, 0.717) is 27.6 Å². The van der Waals surface area contributed by atoms with E-state index in [2.05, 4.69) is 30.1 Å². The van der Waals surface area contributed by atoms with Gasteiger partial charge in [-0.3, -0.25) is 13.9 Å². The number of thioether (sulfide) groups is 1. The Morgan fingerprint density at radius 1 is 0.900 bits per heavy atom. The van der Waals surface area contributed by atoms with E-state index in [-0.39, 0.29) is 5.56 Å². The van der Waals surface area contributed by atoms with Crippen molar-refractivity contribution in [2.75, 3.05) is 0 Å². The Balaban J connectivity index is 1.92. The van der Waals surface area contributed by atoms with Crippen LogP contribution in [0.1, 0.15) is 16.7 Å². The maximum absolute atomic E-state index is 12.9. The van der Waals surface area contributed by atoms with Gasteiger partial charge >= 0.3 is 5.69 Å². The molecule has 0 aliphatic heterocycles. The van der Waals surface area contributed by atoms with Crippen LogP contribution in [-0.4, -0.2) is 19.1 Å². The van der Waals surface area contributed by atoms with E-state index >= 15 is 0 Å². The van der Waals surface area contributed by atoms with Crippen LogP contribution in [0.4, 0.5) is 0 Å². The lowest BCUT2D eigenvalue weighted by atomic mass is 10.1. The molecule has 0 unspecified atom stereocenters. The first-order valence-corrected chi connectivity index (χ1v) is 10.6. The molecule has 0 atom stereocenters. The van der Waals surface area contributed by atoms with Gasteiger partial charge < -0.3 is 0 Å². The standard InChI is InChI=1S/C23H22N4O2S/c1-14-8-10-17(11-9-14)19-24-20-18(22(28)27(4)23(29)26(20)3)21(25-19)30-13-16-7-5-6-15(2)12-16/h5-12H,13H2,1-4H3. The summed E-state index contributed by atoms with van der Waals surface area (Å²) in [5.74, 6) is 1.16. The van der Waals surface area contributed by atoms with Crippen LogP contribution in [0.25, 0.3) is 22.4 Å². The predicted molar refractivity (Wildman–Crippen MR) is 121 cm³/mol. The molecule has 30 heavy (non-hydrogen) atoms. The highest BCUT2D eigenvalue weighted by atomic mass is 32.2. The molecular weight excluding hydrogens is 396 g/mol. The molecule has 152 valence electrons. The summed E-state index contributed by atoms with van der Waals surface area (Å²) in [6.07, 6.45) is 0. The molecule has 0 radical (unpaired) electrons. The third kappa shape index (κ3) is 3.68. The highest BCUT2D eigenvalue weighted by Gasteiger charge is 2.18. The molecule has 2 aromatic heterocycles. The number of fused-ring (bicyclic) bond motifs is 1. The van der Waals surface area contributed by atoms with Crippen molar-refractivity contribution in [3.8, 4) is 11.4 Å². The summed E-state index contributed by atoms with van der Waals surface area (Å²) >= 11 is 1.48. The van der Waals surface area contributed by atoms with Crippen LogP contribution in [0.15, 0.2) is 63.1 Å². The van der Waals surface area contributed by atoms with E-state index in [1.54, 1.807) is 7.05 Å². The lowest BCUT2D eigenvalue weighted by molar-refractivity contribution is 0.703. The maximum Gasteiger partial charge on any atom is 0.332 e. The smallest absolute Gasteiger partial charge is 0.280 e. The predicted octanol–water partition coefficient (Wildman–Crippen LogP) is 3.60. The van der Waals surface area contributed by atoms with Gasteiger partial charge in [0.15, 0.2) is 11.5 Å². The molecule has 0 aliphatic rings. The Hall–Kier alpha value is -3.19. The van der Waals surface area contributed by atoms with Gasteiger partial charge in [-0.1, -0.05) is 59.7 Å². The Bertz CT molecular complexity index is 1370. The second kappa shape index (κ2) is 7.91. The molecule has 2 heterocycles. The topological polar surface area (TPSA) is 69.8 Å². The largest absolute Gasteiger partial charge is 0.332 e. The molecule has 0 saturated carbocycles. The number of aromatic nitrogens is 4. The summed E-state index contributed by atoms with van der Waals surface area (Å²) in [5, 5.41) is 0.946. The van der Waals surface area contributed by atoms with E-state index < -0.39 is 5.69 Å². The van der Waals surface area contributed by atoms with Crippen LogP contribution in [0, 0.1) is 13.8 Å². The Morgan fingerprint density at radius 3 is 2.33 bits per heavy atom. The van der Waals surface area contributed by atoms with Crippen LogP contribution >= 0.6 is 11.8 Å². The van der Waals surface area contributed by atoms with Gasteiger partial charge in [-0.05, 0) is 19.4 Å². The fourth-order valence-corrected chi connectivity index (χ4v) is 4.28. The number of nitrogens with zero attached hydrogens (tertiary/aromatic N) is 4. The van der Waals surface area contributed by atoms with Crippen molar-refractivity contribution in [2.45, 2.75) is 24.6 Å². The van der Waals surface area contributed by atoms with Gasteiger partial charge in [0.1, 0.15) is 10.4 Å². The van der Waals surface area contributed by atoms with Crippen molar-refractivity contribution in [1.29, 1.82) is 0 Å². The molecule has 0 N–H and O–H groups in total. The average Bonchev–Trinajstić information content (AvgIpc) is 2.74. The number of hydrogen-bond donors (Lipinski definition) is 0. The second-order valence-corrected chi connectivity index (χ2v) is 8.36. The van der Waals surface area contributed by atoms with Crippen LogP contribution in [0.3, 0.4) is 0 Å². The molecule has 4 aromatic rings. The van der Waals surface area contributed by atoms with Gasteiger partial charge in [0, 0.05) is 25.4 Å². The van der Waals surface area contributed by atoms with E-state index in [0.717, 1.165) is 21.3 Å². The molecule has 7 heteroatoms. The van der Waals surface area contributed by atoms with Gasteiger partial charge in [0.25, 0.3) is 5.56 Å². The van der Waals surface area contributed by atoms with Gasteiger partial charge in [-0.2, -0.15) is 0 Å². The summed E-state index contributed by atoms with van der Waals surface area (Å²) in [6.45, 7) is 4.07. The van der Waals surface area contributed by atoms with Crippen molar-refractivity contribution in [2.24, 2.45) is 14.1 Å². The molecule has 0 fully saturated rings. The van der Waals surface area contributed by atoms with Gasteiger partial charge in [0.2, 0.25) is 0 Å². The summed E-state index contributed by atoms with van der Waals surface area (Å²) in [7, 11) is 3.11. The first kappa shape index (κ1) is 20.1. The molecule has 0 amide bonds. The van der Waals surface area contributed by atoms with E-state index in [1.807, 2.05) is 37.3 Å². The highest BCUT2D eigenvalue weighted by molar-refractivity contribution is 7.98. The molecule has 6 nitrogen and oxygen atoms in total. The van der Waals surface area contributed by atoms with E-state index in [4.69, 9.17) is 4.98 Å². The zero-order valence-corrected chi connectivity index (χ0v) is 18.2. The van der Waals surface area contributed by atoms with Crippen LogP contribution in [0.2, 0.25) is 0 Å². The summed E-state index contributed by atoms with van der Waals surface area (Å²) in [4.78, 5) is 34.7. The normalized spacial score (nSPS) is 11.2. The van der Waals surface area contributed by atoms with Crippen LogP contribution in [-0.2, 0) is 19.8 Å². The SMILES string of the molecule is Cc1ccc(-c2nc(SCc3cccc(C)c3)c3c(=O)n(C)c(=O)n(C)c3n2)cc1. The maximum atomic E-state index is 12.9. The Morgan fingerprint density at radius 2 is 1.63 bits per heavy atom. The fraction of sp³-hybridized carbons (Fsp3) is 0.217. The van der Waals surface area contributed by atoms with E-state index in [9.17, 15) is 9.59 Å². The molecule has 0 bridgehead atoms. The van der Waals surface area contributed by atoms with Crippen molar-refractivity contribution in [3.63, 3.8) is 0 Å². The van der Waals surface area contributed by atoms with Crippen molar-refractivity contribution in [3.05, 3.63) is 86.1 Å². The number of aryl methyl sites for hydroxylation is 3. The molecular formula is C23H22N4O2S. The van der Waals surface area contributed by atoms with Crippen molar-refractivity contribution >= 4 is 22.8 Å².